The summed E-state index contributed by atoms with van der Waals surface area (Å²) in [7, 11) is 0. The number of hydrogen-bond donors (Lipinski definition) is 1. The van der Waals surface area contributed by atoms with Crippen molar-refractivity contribution < 1.29 is 4.39 Å². The lowest BCUT2D eigenvalue weighted by atomic mass is 10.1. The second kappa shape index (κ2) is 5.09. The SMILES string of the molecule is Cc1cc(F)cc(NC2CCCSC2C)c1. The van der Waals surface area contributed by atoms with E-state index in [1.54, 1.807) is 12.1 Å². The van der Waals surface area contributed by atoms with Crippen LogP contribution in [0.4, 0.5) is 10.1 Å². The smallest absolute Gasteiger partial charge is 0.125 e. The number of halogens is 1. The van der Waals surface area contributed by atoms with Gasteiger partial charge in [0, 0.05) is 17.0 Å². The van der Waals surface area contributed by atoms with E-state index in [1.165, 1.54) is 18.6 Å². The third-order valence-electron chi connectivity index (χ3n) is 3.00. The van der Waals surface area contributed by atoms with Gasteiger partial charge in [0.15, 0.2) is 0 Å². The number of anilines is 1. The Morgan fingerprint density at radius 1 is 1.38 bits per heavy atom. The fourth-order valence-electron chi connectivity index (χ4n) is 2.15. The zero-order valence-electron chi connectivity index (χ0n) is 9.79. The fourth-order valence-corrected chi connectivity index (χ4v) is 3.29. The van der Waals surface area contributed by atoms with Gasteiger partial charge in [0.05, 0.1) is 0 Å². The Balaban J connectivity index is 2.07. The molecule has 0 bridgehead atoms. The second-order valence-corrected chi connectivity index (χ2v) is 5.97. The van der Waals surface area contributed by atoms with E-state index in [4.69, 9.17) is 0 Å². The Kier molecular flexibility index (Phi) is 3.74. The Morgan fingerprint density at radius 3 is 2.88 bits per heavy atom. The van der Waals surface area contributed by atoms with Crippen molar-refractivity contribution >= 4 is 17.4 Å². The van der Waals surface area contributed by atoms with Gasteiger partial charge in [-0.15, -0.1) is 0 Å². The van der Waals surface area contributed by atoms with Crippen LogP contribution in [0.15, 0.2) is 18.2 Å². The van der Waals surface area contributed by atoms with Gasteiger partial charge in [0.25, 0.3) is 0 Å². The Hall–Kier alpha value is -0.700. The highest BCUT2D eigenvalue weighted by molar-refractivity contribution is 8.00. The molecule has 0 aromatic heterocycles. The van der Waals surface area contributed by atoms with Crippen LogP contribution in [-0.2, 0) is 0 Å². The van der Waals surface area contributed by atoms with E-state index in [9.17, 15) is 4.39 Å². The van der Waals surface area contributed by atoms with Gasteiger partial charge < -0.3 is 5.32 Å². The first-order valence-corrected chi connectivity index (χ1v) is 6.85. The molecule has 1 nitrogen and oxygen atoms in total. The minimum absolute atomic E-state index is 0.154. The first-order chi connectivity index (χ1) is 7.65. The lowest BCUT2D eigenvalue weighted by Gasteiger charge is -2.30. The Bertz CT molecular complexity index is 347. The van der Waals surface area contributed by atoms with Crippen LogP contribution in [0.5, 0.6) is 0 Å². The van der Waals surface area contributed by atoms with E-state index in [1.807, 2.05) is 24.8 Å². The number of benzene rings is 1. The first kappa shape index (κ1) is 11.8. The molecule has 88 valence electrons. The van der Waals surface area contributed by atoms with Gasteiger partial charge in [0.2, 0.25) is 0 Å². The number of rotatable bonds is 2. The highest BCUT2D eigenvalue weighted by atomic mass is 32.2. The summed E-state index contributed by atoms with van der Waals surface area (Å²) in [4.78, 5) is 0. The van der Waals surface area contributed by atoms with Crippen LogP contribution in [0.1, 0.15) is 25.3 Å². The van der Waals surface area contributed by atoms with Gasteiger partial charge in [-0.05, 0) is 49.3 Å². The standard InChI is InChI=1S/C13H18FNS/c1-9-6-11(14)8-12(7-9)15-13-4-3-5-16-10(13)2/h6-8,10,13,15H,3-5H2,1-2H3. The highest BCUT2D eigenvalue weighted by Crippen LogP contribution is 2.28. The maximum atomic E-state index is 13.2. The van der Waals surface area contributed by atoms with Crippen LogP contribution in [0.2, 0.25) is 0 Å². The lowest BCUT2D eigenvalue weighted by molar-refractivity contribution is 0.611. The van der Waals surface area contributed by atoms with Gasteiger partial charge in [-0.25, -0.2) is 4.39 Å². The molecule has 1 heterocycles. The van der Waals surface area contributed by atoms with Crippen LogP contribution < -0.4 is 5.32 Å². The van der Waals surface area contributed by atoms with Crippen molar-refractivity contribution in [2.45, 2.75) is 38.0 Å². The summed E-state index contributed by atoms with van der Waals surface area (Å²) in [6.07, 6.45) is 2.44. The van der Waals surface area contributed by atoms with Gasteiger partial charge >= 0.3 is 0 Å². The maximum absolute atomic E-state index is 13.2. The van der Waals surface area contributed by atoms with Crippen molar-refractivity contribution in [3.05, 3.63) is 29.6 Å². The molecule has 1 aromatic rings. The third-order valence-corrected chi connectivity index (χ3v) is 4.38. The molecule has 0 spiro atoms. The van der Waals surface area contributed by atoms with E-state index < -0.39 is 0 Å². The van der Waals surface area contributed by atoms with Crippen LogP contribution >= 0.6 is 11.8 Å². The van der Waals surface area contributed by atoms with E-state index in [0.717, 1.165) is 11.3 Å². The predicted octanol–water partition coefficient (Wildman–Crippen LogP) is 3.83. The number of thioether (sulfide) groups is 1. The number of hydrogen-bond acceptors (Lipinski definition) is 2. The maximum Gasteiger partial charge on any atom is 0.125 e. The summed E-state index contributed by atoms with van der Waals surface area (Å²) in [6, 6.07) is 5.62. The molecule has 1 N–H and O–H groups in total. The molecule has 2 unspecified atom stereocenters. The molecular formula is C13H18FNS. The summed E-state index contributed by atoms with van der Waals surface area (Å²) < 4.78 is 13.2. The quantitative estimate of drug-likeness (QED) is 0.841. The summed E-state index contributed by atoms with van der Waals surface area (Å²) in [5, 5.41) is 4.06. The van der Waals surface area contributed by atoms with Crippen molar-refractivity contribution in [1.82, 2.24) is 0 Å². The molecule has 1 aliphatic heterocycles. The molecule has 3 heteroatoms. The molecule has 1 aromatic carbocycles. The van der Waals surface area contributed by atoms with Crippen molar-refractivity contribution in [2.24, 2.45) is 0 Å². The zero-order valence-corrected chi connectivity index (χ0v) is 10.6. The Labute approximate surface area is 101 Å². The molecular weight excluding hydrogens is 221 g/mol. The average Bonchev–Trinajstić information content (AvgIpc) is 2.20. The average molecular weight is 239 g/mol. The van der Waals surface area contributed by atoms with Crippen LogP contribution in [0, 0.1) is 12.7 Å². The summed E-state index contributed by atoms with van der Waals surface area (Å²) in [6.45, 7) is 4.17. The topological polar surface area (TPSA) is 12.0 Å². The molecule has 16 heavy (non-hydrogen) atoms. The van der Waals surface area contributed by atoms with Gasteiger partial charge in [-0.1, -0.05) is 6.92 Å². The molecule has 2 atom stereocenters. The van der Waals surface area contributed by atoms with Gasteiger partial charge in [0.1, 0.15) is 5.82 Å². The molecule has 0 radical (unpaired) electrons. The summed E-state index contributed by atoms with van der Waals surface area (Å²) >= 11 is 2.00. The monoisotopic (exact) mass is 239 g/mol. The predicted molar refractivity (Wildman–Crippen MR) is 69.7 cm³/mol. The minimum Gasteiger partial charge on any atom is -0.381 e. The van der Waals surface area contributed by atoms with Gasteiger partial charge in [-0.3, -0.25) is 0 Å². The normalized spacial score (nSPS) is 25.4. The van der Waals surface area contributed by atoms with Crippen molar-refractivity contribution in [3.63, 3.8) is 0 Å². The molecule has 0 amide bonds. The fraction of sp³-hybridized carbons (Fsp3) is 0.538. The number of aryl methyl sites for hydroxylation is 1. The van der Waals surface area contributed by atoms with Crippen LogP contribution in [0.3, 0.4) is 0 Å². The van der Waals surface area contributed by atoms with Crippen molar-refractivity contribution in [1.29, 1.82) is 0 Å². The largest absolute Gasteiger partial charge is 0.381 e. The minimum atomic E-state index is -0.154. The van der Waals surface area contributed by atoms with Crippen LogP contribution in [0.25, 0.3) is 0 Å². The van der Waals surface area contributed by atoms with E-state index in [2.05, 4.69) is 12.2 Å². The number of nitrogens with one attached hydrogen (secondary N) is 1. The first-order valence-electron chi connectivity index (χ1n) is 5.80. The molecule has 1 aliphatic rings. The molecule has 1 saturated heterocycles. The van der Waals surface area contributed by atoms with Crippen molar-refractivity contribution in [2.75, 3.05) is 11.1 Å². The molecule has 0 aliphatic carbocycles. The molecule has 2 rings (SSSR count). The lowest BCUT2D eigenvalue weighted by Crippen LogP contribution is -2.32. The van der Waals surface area contributed by atoms with Gasteiger partial charge in [-0.2, -0.15) is 11.8 Å². The zero-order chi connectivity index (χ0) is 11.5. The van der Waals surface area contributed by atoms with E-state index in [-0.39, 0.29) is 5.82 Å². The molecule has 1 fully saturated rings. The second-order valence-electron chi connectivity index (χ2n) is 4.49. The Morgan fingerprint density at radius 2 is 2.19 bits per heavy atom. The van der Waals surface area contributed by atoms with E-state index >= 15 is 0 Å². The highest BCUT2D eigenvalue weighted by Gasteiger charge is 2.21. The van der Waals surface area contributed by atoms with E-state index in [0.29, 0.717) is 11.3 Å². The summed E-state index contributed by atoms with van der Waals surface area (Å²) in [5.74, 6) is 1.10. The summed E-state index contributed by atoms with van der Waals surface area (Å²) in [5.41, 5.74) is 1.88. The molecule has 0 saturated carbocycles. The van der Waals surface area contributed by atoms with Crippen molar-refractivity contribution in [3.8, 4) is 0 Å². The van der Waals surface area contributed by atoms with Crippen LogP contribution in [-0.4, -0.2) is 17.0 Å². The third kappa shape index (κ3) is 2.91.